The van der Waals surface area contributed by atoms with Crippen molar-refractivity contribution in [3.8, 4) is 5.75 Å². The molecule has 0 aliphatic carbocycles. The van der Waals surface area contributed by atoms with E-state index >= 15 is 0 Å². The van der Waals surface area contributed by atoms with E-state index in [2.05, 4.69) is 41.4 Å². The first kappa shape index (κ1) is 12.6. The highest BCUT2D eigenvalue weighted by Gasteiger charge is 2.03. The number of H-pyrrole nitrogens is 1. The molecule has 0 atom stereocenters. The standard InChI is InChI=1S/C14H19N3O/c1-3-8-18-14-7-5-12(11(2)9-14)4-6-13-10-15-17-16-13/h5,7,9-10H,3-4,6,8H2,1-2H3,(H,15,16,17). The molecule has 0 saturated heterocycles. The fraction of sp³-hybridized carbons (Fsp3) is 0.429. The summed E-state index contributed by atoms with van der Waals surface area (Å²) in [5.41, 5.74) is 3.61. The molecule has 2 rings (SSSR count). The maximum Gasteiger partial charge on any atom is 0.119 e. The smallest absolute Gasteiger partial charge is 0.119 e. The summed E-state index contributed by atoms with van der Waals surface area (Å²) < 4.78 is 5.61. The third-order valence-electron chi connectivity index (χ3n) is 2.90. The molecule has 1 aromatic carbocycles. The number of benzene rings is 1. The highest BCUT2D eigenvalue weighted by atomic mass is 16.5. The summed E-state index contributed by atoms with van der Waals surface area (Å²) in [6.07, 6.45) is 4.69. The molecule has 0 amide bonds. The number of rotatable bonds is 6. The van der Waals surface area contributed by atoms with Gasteiger partial charge in [-0.2, -0.15) is 15.4 Å². The Morgan fingerprint density at radius 2 is 2.17 bits per heavy atom. The predicted octanol–water partition coefficient (Wildman–Crippen LogP) is 2.69. The Labute approximate surface area is 107 Å². The van der Waals surface area contributed by atoms with Gasteiger partial charge in [0, 0.05) is 0 Å². The van der Waals surface area contributed by atoms with Gasteiger partial charge in [-0.05, 0) is 49.4 Å². The van der Waals surface area contributed by atoms with Crippen molar-refractivity contribution in [2.45, 2.75) is 33.1 Å². The van der Waals surface area contributed by atoms with Crippen LogP contribution in [0.15, 0.2) is 24.4 Å². The molecule has 18 heavy (non-hydrogen) atoms. The number of hydrogen-bond donors (Lipinski definition) is 1. The molecule has 0 fully saturated rings. The molecular weight excluding hydrogens is 226 g/mol. The quantitative estimate of drug-likeness (QED) is 0.851. The highest BCUT2D eigenvalue weighted by molar-refractivity contribution is 5.35. The van der Waals surface area contributed by atoms with Gasteiger partial charge in [-0.25, -0.2) is 0 Å². The van der Waals surface area contributed by atoms with Crippen molar-refractivity contribution in [1.82, 2.24) is 15.4 Å². The lowest BCUT2D eigenvalue weighted by atomic mass is 10.0. The highest BCUT2D eigenvalue weighted by Crippen LogP contribution is 2.18. The number of aromatic amines is 1. The van der Waals surface area contributed by atoms with Gasteiger partial charge in [-0.15, -0.1) is 0 Å². The van der Waals surface area contributed by atoms with Crippen molar-refractivity contribution in [2.75, 3.05) is 6.61 Å². The van der Waals surface area contributed by atoms with Crippen LogP contribution in [0.3, 0.4) is 0 Å². The van der Waals surface area contributed by atoms with E-state index in [0.717, 1.165) is 37.3 Å². The zero-order chi connectivity index (χ0) is 12.8. The van der Waals surface area contributed by atoms with Crippen LogP contribution in [0.4, 0.5) is 0 Å². The number of aromatic nitrogens is 3. The molecule has 0 saturated carbocycles. The van der Waals surface area contributed by atoms with Gasteiger partial charge >= 0.3 is 0 Å². The predicted molar refractivity (Wildman–Crippen MR) is 70.8 cm³/mol. The van der Waals surface area contributed by atoms with Crippen molar-refractivity contribution in [3.05, 3.63) is 41.2 Å². The van der Waals surface area contributed by atoms with Gasteiger partial charge in [-0.1, -0.05) is 13.0 Å². The molecule has 4 heteroatoms. The largest absolute Gasteiger partial charge is 0.494 e. The van der Waals surface area contributed by atoms with E-state index < -0.39 is 0 Å². The summed E-state index contributed by atoms with van der Waals surface area (Å²) in [6.45, 7) is 5.01. The van der Waals surface area contributed by atoms with Crippen LogP contribution in [0, 0.1) is 6.92 Å². The minimum atomic E-state index is 0.776. The third kappa shape index (κ3) is 3.32. The molecule has 0 aliphatic heterocycles. The summed E-state index contributed by atoms with van der Waals surface area (Å²) in [4.78, 5) is 0. The summed E-state index contributed by atoms with van der Waals surface area (Å²) in [5, 5.41) is 10.5. The van der Waals surface area contributed by atoms with Crippen LogP contribution in [0.1, 0.15) is 30.2 Å². The minimum Gasteiger partial charge on any atom is -0.494 e. The Bertz CT molecular complexity index is 480. The van der Waals surface area contributed by atoms with Gasteiger partial charge < -0.3 is 4.74 Å². The van der Waals surface area contributed by atoms with Crippen LogP contribution in [0.5, 0.6) is 5.75 Å². The monoisotopic (exact) mass is 245 g/mol. The fourth-order valence-electron chi connectivity index (χ4n) is 1.87. The summed E-state index contributed by atoms with van der Waals surface area (Å²) in [5.74, 6) is 0.958. The third-order valence-corrected chi connectivity index (χ3v) is 2.90. The average Bonchev–Trinajstić information content (AvgIpc) is 2.88. The number of hydrogen-bond acceptors (Lipinski definition) is 3. The molecule has 1 heterocycles. The number of ether oxygens (including phenoxy) is 1. The minimum absolute atomic E-state index is 0.776. The van der Waals surface area contributed by atoms with E-state index in [9.17, 15) is 0 Å². The van der Waals surface area contributed by atoms with E-state index in [1.165, 1.54) is 11.1 Å². The lowest BCUT2D eigenvalue weighted by Crippen LogP contribution is -1.98. The van der Waals surface area contributed by atoms with Crippen molar-refractivity contribution >= 4 is 0 Å². The van der Waals surface area contributed by atoms with Crippen molar-refractivity contribution < 1.29 is 4.74 Å². The van der Waals surface area contributed by atoms with Gasteiger partial charge in [0.15, 0.2) is 0 Å². The van der Waals surface area contributed by atoms with Crippen molar-refractivity contribution in [1.29, 1.82) is 0 Å². The van der Waals surface area contributed by atoms with Gasteiger partial charge in [0.05, 0.1) is 18.5 Å². The van der Waals surface area contributed by atoms with Gasteiger partial charge in [-0.3, -0.25) is 0 Å². The lowest BCUT2D eigenvalue weighted by Gasteiger charge is -2.09. The Balaban J connectivity index is 1.96. The first-order chi connectivity index (χ1) is 8.79. The number of nitrogens with zero attached hydrogens (tertiary/aromatic N) is 2. The molecular formula is C14H19N3O. The molecule has 1 aromatic heterocycles. The Morgan fingerprint density at radius 1 is 1.28 bits per heavy atom. The first-order valence-corrected chi connectivity index (χ1v) is 6.36. The zero-order valence-electron chi connectivity index (χ0n) is 10.9. The molecule has 0 radical (unpaired) electrons. The van der Waals surface area contributed by atoms with Crippen LogP contribution in [-0.4, -0.2) is 22.0 Å². The Morgan fingerprint density at radius 3 is 2.83 bits per heavy atom. The van der Waals surface area contributed by atoms with Gasteiger partial charge in [0.2, 0.25) is 0 Å². The molecule has 0 spiro atoms. The van der Waals surface area contributed by atoms with E-state index in [1.807, 2.05) is 6.07 Å². The molecule has 2 aromatic rings. The summed E-state index contributed by atoms with van der Waals surface area (Å²) in [6, 6.07) is 6.29. The van der Waals surface area contributed by atoms with Crippen LogP contribution < -0.4 is 4.74 Å². The second-order valence-electron chi connectivity index (χ2n) is 4.40. The summed E-state index contributed by atoms with van der Waals surface area (Å²) >= 11 is 0. The number of aryl methyl sites for hydroxylation is 3. The first-order valence-electron chi connectivity index (χ1n) is 6.36. The molecule has 4 nitrogen and oxygen atoms in total. The molecule has 96 valence electrons. The summed E-state index contributed by atoms with van der Waals surface area (Å²) in [7, 11) is 0. The van der Waals surface area contributed by atoms with E-state index in [1.54, 1.807) is 6.20 Å². The van der Waals surface area contributed by atoms with E-state index in [-0.39, 0.29) is 0 Å². The number of nitrogens with one attached hydrogen (secondary N) is 1. The Kier molecular flexibility index (Phi) is 4.34. The van der Waals surface area contributed by atoms with Crippen LogP contribution in [0.25, 0.3) is 0 Å². The van der Waals surface area contributed by atoms with Crippen molar-refractivity contribution in [3.63, 3.8) is 0 Å². The lowest BCUT2D eigenvalue weighted by molar-refractivity contribution is 0.317. The maximum atomic E-state index is 5.61. The fourth-order valence-corrected chi connectivity index (χ4v) is 1.87. The van der Waals surface area contributed by atoms with Crippen molar-refractivity contribution in [2.24, 2.45) is 0 Å². The average molecular weight is 245 g/mol. The maximum absolute atomic E-state index is 5.61. The molecule has 0 unspecified atom stereocenters. The molecule has 1 N–H and O–H groups in total. The second kappa shape index (κ2) is 6.19. The van der Waals surface area contributed by atoms with Gasteiger partial charge in [0.1, 0.15) is 5.75 Å². The van der Waals surface area contributed by atoms with Crippen LogP contribution in [0.2, 0.25) is 0 Å². The normalized spacial score (nSPS) is 10.6. The zero-order valence-corrected chi connectivity index (χ0v) is 10.9. The Hall–Kier alpha value is -1.84. The van der Waals surface area contributed by atoms with E-state index in [0.29, 0.717) is 0 Å². The van der Waals surface area contributed by atoms with Crippen LogP contribution in [-0.2, 0) is 12.8 Å². The SMILES string of the molecule is CCCOc1ccc(CCc2cn[nH]n2)c(C)c1. The second-order valence-corrected chi connectivity index (χ2v) is 4.40. The van der Waals surface area contributed by atoms with Crippen LogP contribution >= 0.6 is 0 Å². The van der Waals surface area contributed by atoms with E-state index in [4.69, 9.17) is 4.74 Å². The van der Waals surface area contributed by atoms with Gasteiger partial charge in [0.25, 0.3) is 0 Å². The molecule has 0 aliphatic rings. The molecule has 0 bridgehead atoms. The topological polar surface area (TPSA) is 50.8 Å².